The summed E-state index contributed by atoms with van der Waals surface area (Å²) in [4.78, 5) is 0. The molecule has 24 heavy (non-hydrogen) atoms. The number of aliphatic hydroxyl groups excluding tert-OH is 1. The predicted octanol–water partition coefficient (Wildman–Crippen LogP) is -1.87. The first-order chi connectivity index (χ1) is 10.4. The average Bonchev–Trinajstić information content (AvgIpc) is 2.42. The summed E-state index contributed by atoms with van der Waals surface area (Å²) in [5, 5.41) is 8.64. The molecule has 0 aromatic carbocycles. The summed E-state index contributed by atoms with van der Waals surface area (Å²) in [6.07, 6.45) is 19.2. The molecule has 0 atom stereocenters. The van der Waals surface area contributed by atoms with Crippen molar-refractivity contribution >= 4 is 10.4 Å². The standard InChI is InChI=1S/C16H34O.2Na.H2O4S/c1-2-3-4-5-6-7-8-9-10-11-12-13-14-15-16-17;;;1-5(2,3)4/h17H,2-16H2,1H3;;;(H2,1,2,3,4)/q;2*+1;/p-2. The van der Waals surface area contributed by atoms with Crippen LogP contribution in [0.3, 0.4) is 0 Å². The van der Waals surface area contributed by atoms with Gasteiger partial charge in [0.05, 0.1) is 0 Å². The van der Waals surface area contributed by atoms with E-state index in [-0.39, 0.29) is 59.1 Å². The van der Waals surface area contributed by atoms with Crippen LogP contribution in [-0.4, -0.2) is 29.2 Å². The predicted molar refractivity (Wildman–Crippen MR) is 87.9 cm³/mol. The minimum atomic E-state index is -5.17. The Morgan fingerprint density at radius 1 is 0.625 bits per heavy atom. The molecule has 0 saturated carbocycles. The van der Waals surface area contributed by atoms with Crippen LogP contribution in [-0.2, 0) is 10.4 Å². The quantitative estimate of drug-likeness (QED) is 0.164. The van der Waals surface area contributed by atoms with E-state index in [1.54, 1.807) is 0 Å². The van der Waals surface area contributed by atoms with Crippen molar-refractivity contribution in [2.24, 2.45) is 0 Å². The zero-order valence-corrected chi connectivity index (χ0v) is 20.9. The van der Waals surface area contributed by atoms with Crippen LogP contribution in [0.5, 0.6) is 0 Å². The molecule has 136 valence electrons. The number of hydrogen-bond donors (Lipinski definition) is 1. The molecule has 8 heteroatoms. The molecule has 0 aliphatic carbocycles. The van der Waals surface area contributed by atoms with E-state index in [0.717, 1.165) is 6.42 Å². The first kappa shape index (κ1) is 33.4. The molecule has 0 aromatic heterocycles. The van der Waals surface area contributed by atoms with E-state index < -0.39 is 10.4 Å². The van der Waals surface area contributed by atoms with E-state index >= 15 is 0 Å². The zero-order chi connectivity index (χ0) is 17.1. The Bertz CT molecular complexity index is 279. The van der Waals surface area contributed by atoms with Gasteiger partial charge in [-0.3, -0.25) is 8.42 Å². The maximum Gasteiger partial charge on any atom is 1.00 e. The smallest absolute Gasteiger partial charge is 0.759 e. The molecule has 5 nitrogen and oxygen atoms in total. The monoisotopic (exact) mass is 384 g/mol. The fraction of sp³-hybridized carbons (Fsp3) is 1.00. The summed E-state index contributed by atoms with van der Waals surface area (Å²) in [5.41, 5.74) is 0. The van der Waals surface area contributed by atoms with Crippen molar-refractivity contribution in [2.75, 3.05) is 6.61 Å². The second-order valence-corrected chi connectivity index (χ2v) is 6.54. The largest absolute Gasteiger partial charge is 1.00 e. The van der Waals surface area contributed by atoms with Crippen LogP contribution >= 0.6 is 0 Å². The molecule has 0 radical (unpaired) electrons. The van der Waals surface area contributed by atoms with Crippen molar-refractivity contribution in [1.29, 1.82) is 0 Å². The van der Waals surface area contributed by atoms with Gasteiger partial charge >= 0.3 is 59.1 Å². The molecule has 0 heterocycles. The van der Waals surface area contributed by atoms with Gasteiger partial charge in [-0.1, -0.05) is 90.4 Å². The van der Waals surface area contributed by atoms with Crippen LogP contribution in [0, 0.1) is 0 Å². The Kier molecular flexibility index (Phi) is 37.7. The third-order valence-electron chi connectivity index (χ3n) is 3.51. The number of rotatable bonds is 14. The molecule has 0 aliphatic rings. The first-order valence-electron chi connectivity index (χ1n) is 8.69. The molecular formula is C16H34Na2O5S. The Morgan fingerprint density at radius 2 is 0.833 bits per heavy atom. The van der Waals surface area contributed by atoms with Crippen LogP contribution in [0.15, 0.2) is 0 Å². The molecule has 0 spiro atoms. The van der Waals surface area contributed by atoms with Crippen molar-refractivity contribution in [1.82, 2.24) is 0 Å². The van der Waals surface area contributed by atoms with Crippen molar-refractivity contribution < 1.29 is 81.7 Å². The van der Waals surface area contributed by atoms with Gasteiger partial charge in [0.2, 0.25) is 0 Å². The Morgan fingerprint density at radius 3 is 1.04 bits per heavy atom. The topological polar surface area (TPSA) is 100 Å². The van der Waals surface area contributed by atoms with Crippen LogP contribution < -0.4 is 59.1 Å². The molecule has 0 amide bonds. The molecular weight excluding hydrogens is 350 g/mol. The first-order valence-corrected chi connectivity index (χ1v) is 10.0. The molecule has 0 saturated heterocycles. The summed E-state index contributed by atoms with van der Waals surface area (Å²) >= 11 is 0. The van der Waals surface area contributed by atoms with Crippen molar-refractivity contribution in [3.05, 3.63) is 0 Å². The van der Waals surface area contributed by atoms with E-state index in [2.05, 4.69) is 6.92 Å². The van der Waals surface area contributed by atoms with E-state index in [4.69, 9.17) is 22.6 Å². The molecule has 0 fully saturated rings. The van der Waals surface area contributed by atoms with E-state index in [1.807, 2.05) is 0 Å². The van der Waals surface area contributed by atoms with Gasteiger partial charge in [0.1, 0.15) is 0 Å². The third kappa shape index (κ3) is 49.6. The number of aliphatic hydroxyl groups is 1. The molecule has 0 unspecified atom stereocenters. The van der Waals surface area contributed by atoms with E-state index in [9.17, 15) is 0 Å². The van der Waals surface area contributed by atoms with Gasteiger partial charge in [-0.25, -0.2) is 0 Å². The minimum Gasteiger partial charge on any atom is -0.759 e. The Balaban J connectivity index is -0.000000250. The van der Waals surface area contributed by atoms with E-state index in [0.29, 0.717) is 6.61 Å². The summed E-state index contributed by atoms with van der Waals surface area (Å²) in [6.45, 7) is 2.65. The third-order valence-corrected chi connectivity index (χ3v) is 3.51. The molecule has 0 bridgehead atoms. The van der Waals surface area contributed by atoms with Crippen LogP contribution in [0.25, 0.3) is 0 Å². The maximum absolute atomic E-state index is 8.64. The Hall–Kier alpha value is 1.83. The molecule has 0 aromatic rings. The second kappa shape index (κ2) is 27.1. The van der Waals surface area contributed by atoms with Gasteiger partial charge in [-0.15, -0.1) is 0 Å². The van der Waals surface area contributed by atoms with E-state index in [1.165, 1.54) is 83.5 Å². The fourth-order valence-corrected chi connectivity index (χ4v) is 2.31. The normalized spacial score (nSPS) is 10.2. The van der Waals surface area contributed by atoms with Crippen LogP contribution in [0.2, 0.25) is 0 Å². The molecule has 1 N–H and O–H groups in total. The van der Waals surface area contributed by atoms with Gasteiger partial charge in [0, 0.05) is 17.0 Å². The van der Waals surface area contributed by atoms with Gasteiger partial charge < -0.3 is 14.2 Å². The molecule has 0 aliphatic heterocycles. The fourth-order valence-electron chi connectivity index (χ4n) is 2.31. The second-order valence-electron chi connectivity index (χ2n) is 5.73. The van der Waals surface area contributed by atoms with Crippen molar-refractivity contribution in [3.63, 3.8) is 0 Å². The maximum atomic E-state index is 8.64. The van der Waals surface area contributed by atoms with Crippen molar-refractivity contribution in [3.8, 4) is 0 Å². The molecule has 0 rings (SSSR count). The summed E-state index contributed by atoms with van der Waals surface area (Å²) < 4.78 is 34.1. The SMILES string of the molecule is CCCCCCCCCCCCCCCCO.O=S(=O)([O-])[O-].[Na+].[Na+]. The van der Waals surface area contributed by atoms with Gasteiger partial charge in [0.15, 0.2) is 0 Å². The number of unbranched alkanes of at least 4 members (excludes halogenated alkanes) is 13. The van der Waals surface area contributed by atoms with Crippen LogP contribution in [0.4, 0.5) is 0 Å². The van der Waals surface area contributed by atoms with Gasteiger partial charge in [0.25, 0.3) is 0 Å². The average molecular weight is 384 g/mol. The summed E-state index contributed by atoms with van der Waals surface area (Å²) in [5.74, 6) is 0. The van der Waals surface area contributed by atoms with Gasteiger partial charge in [-0.2, -0.15) is 0 Å². The minimum absolute atomic E-state index is 0. The zero-order valence-electron chi connectivity index (χ0n) is 16.1. The van der Waals surface area contributed by atoms with Gasteiger partial charge in [-0.05, 0) is 6.42 Å². The van der Waals surface area contributed by atoms with Crippen molar-refractivity contribution in [2.45, 2.75) is 96.8 Å². The number of hydrogen-bond acceptors (Lipinski definition) is 5. The summed E-state index contributed by atoms with van der Waals surface area (Å²) in [6, 6.07) is 0. The Labute approximate surface area is 193 Å². The summed E-state index contributed by atoms with van der Waals surface area (Å²) in [7, 11) is -5.17. The van der Waals surface area contributed by atoms with Crippen LogP contribution in [0.1, 0.15) is 96.8 Å².